The number of nitrogens with zero attached hydrogens (tertiary/aromatic N) is 2. The predicted molar refractivity (Wildman–Crippen MR) is 80.8 cm³/mol. The van der Waals surface area contributed by atoms with Gasteiger partial charge in [0.2, 0.25) is 0 Å². The van der Waals surface area contributed by atoms with Gasteiger partial charge in [-0.15, -0.1) is 0 Å². The monoisotopic (exact) mass is 267 g/mol. The minimum atomic E-state index is 0.350. The maximum Gasteiger partial charge on any atom is 0.0648 e. The molecule has 3 nitrogen and oxygen atoms in total. The van der Waals surface area contributed by atoms with Crippen molar-refractivity contribution < 1.29 is 0 Å². The zero-order valence-electron chi connectivity index (χ0n) is 12.4. The summed E-state index contributed by atoms with van der Waals surface area (Å²) in [5.74, 6) is 0.663. The largest absolute Gasteiger partial charge is 0.313 e. The van der Waals surface area contributed by atoms with Gasteiger partial charge in [0.1, 0.15) is 0 Å². The standard InChI is InChI=1S/C17H21N3/c1-11-8-16(12(2)20-19-11)17(18-3)10-14-9-13-6-4-5-7-15(13)14/h4-8,14,17-18H,9-10H2,1-3H3. The van der Waals surface area contributed by atoms with Crippen molar-refractivity contribution in [3.8, 4) is 0 Å². The molecule has 0 bridgehead atoms. The first-order valence-corrected chi connectivity index (χ1v) is 7.25. The average Bonchev–Trinajstić information content (AvgIpc) is 2.43. The number of benzene rings is 1. The van der Waals surface area contributed by atoms with E-state index < -0.39 is 0 Å². The molecule has 0 amide bonds. The molecule has 1 aromatic carbocycles. The highest BCUT2D eigenvalue weighted by Gasteiger charge is 2.28. The Kier molecular flexibility index (Phi) is 3.53. The maximum absolute atomic E-state index is 4.25. The van der Waals surface area contributed by atoms with Crippen LogP contribution in [0.5, 0.6) is 0 Å². The molecular weight excluding hydrogens is 246 g/mol. The first-order chi connectivity index (χ1) is 9.69. The number of rotatable bonds is 4. The Hall–Kier alpha value is -1.74. The zero-order valence-corrected chi connectivity index (χ0v) is 12.4. The molecule has 0 spiro atoms. The van der Waals surface area contributed by atoms with Crippen molar-refractivity contribution in [2.24, 2.45) is 0 Å². The molecule has 0 radical (unpaired) electrons. The van der Waals surface area contributed by atoms with Crippen molar-refractivity contribution in [2.45, 2.75) is 38.6 Å². The quantitative estimate of drug-likeness (QED) is 0.925. The van der Waals surface area contributed by atoms with Crippen LogP contribution in [-0.4, -0.2) is 17.2 Å². The summed E-state index contributed by atoms with van der Waals surface area (Å²) in [5, 5.41) is 11.8. The summed E-state index contributed by atoms with van der Waals surface area (Å²) in [4.78, 5) is 0. The fraction of sp³-hybridized carbons (Fsp3) is 0.412. The number of nitrogens with one attached hydrogen (secondary N) is 1. The lowest BCUT2D eigenvalue weighted by Crippen LogP contribution is -2.26. The second-order valence-electron chi connectivity index (χ2n) is 5.70. The number of fused-ring (bicyclic) bond motifs is 1. The Labute approximate surface area is 120 Å². The van der Waals surface area contributed by atoms with E-state index in [1.807, 2.05) is 20.9 Å². The third kappa shape index (κ3) is 2.34. The summed E-state index contributed by atoms with van der Waals surface area (Å²) in [6.07, 6.45) is 2.32. The van der Waals surface area contributed by atoms with Crippen molar-refractivity contribution in [3.63, 3.8) is 0 Å². The molecular formula is C17H21N3. The van der Waals surface area contributed by atoms with Gasteiger partial charge in [0.25, 0.3) is 0 Å². The molecule has 1 N–H and O–H groups in total. The van der Waals surface area contributed by atoms with Crippen LogP contribution in [0.4, 0.5) is 0 Å². The van der Waals surface area contributed by atoms with Crippen LogP contribution in [0.25, 0.3) is 0 Å². The molecule has 2 aromatic rings. The van der Waals surface area contributed by atoms with Gasteiger partial charge in [0.15, 0.2) is 0 Å². The molecule has 0 fully saturated rings. The van der Waals surface area contributed by atoms with E-state index in [9.17, 15) is 0 Å². The Balaban J connectivity index is 1.80. The van der Waals surface area contributed by atoms with Gasteiger partial charge in [0, 0.05) is 6.04 Å². The number of aromatic nitrogens is 2. The van der Waals surface area contributed by atoms with Crippen molar-refractivity contribution in [1.29, 1.82) is 0 Å². The van der Waals surface area contributed by atoms with Crippen molar-refractivity contribution >= 4 is 0 Å². The third-order valence-corrected chi connectivity index (χ3v) is 4.35. The van der Waals surface area contributed by atoms with Gasteiger partial charge in [-0.2, -0.15) is 10.2 Å². The minimum absolute atomic E-state index is 0.350. The van der Waals surface area contributed by atoms with E-state index in [0.717, 1.165) is 17.8 Å². The van der Waals surface area contributed by atoms with E-state index in [4.69, 9.17) is 0 Å². The normalized spacial score (nSPS) is 18.2. The van der Waals surface area contributed by atoms with E-state index in [-0.39, 0.29) is 0 Å². The van der Waals surface area contributed by atoms with Gasteiger partial charge in [-0.1, -0.05) is 24.3 Å². The summed E-state index contributed by atoms with van der Waals surface area (Å²) in [6.45, 7) is 4.04. The lowest BCUT2D eigenvalue weighted by atomic mass is 9.73. The van der Waals surface area contributed by atoms with Crippen LogP contribution >= 0.6 is 0 Å². The van der Waals surface area contributed by atoms with E-state index >= 15 is 0 Å². The Morgan fingerprint density at radius 3 is 2.80 bits per heavy atom. The SMILES string of the molecule is CNC(CC1Cc2ccccc21)c1cc(C)nnc1C. The van der Waals surface area contributed by atoms with Gasteiger partial charge in [-0.3, -0.25) is 0 Å². The molecule has 2 unspecified atom stereocenters. The summed E-state index contributed by atoms with van der Waals surface area (Å²) in [6, 6.07) is 11.3. The van der Waals surface area contributed by atoms with Gasteiger partial charge < -0.3 is 5.32 Å². The van der Waals surface area contributed by atoms with E-state index in [0.29, 0.717) is 12.0 Å². The zero-order chi connectivity index (χ0) is 14.1. The first-order valence-electron chi connectivity index (χ1n) is 7.25. The second-order valence-corrected chi connectivity index (χ2v) is 5.70. The molecule has 20 heavy (non-hydrogen) atoms. The predicted octanol–water partition coefficient (Wildman–Crippen LogP) is 3.08. The highest BCUT2D eigenvalue weighted by atomic mass is 15.1. The van der Waals surface area contributed by atoms with E-state index in [1.165, 1.54) is 23.1 Å². The molecule has 104 valence electrons. The molecule has 3 rings (SSSR count). The molecule has 1 aliphatic rings. The Morgan fingerprint density at radius 2 is 2.05 bits per heavy atom. The van der Waals surface area contributed by atoms with Gasteiger partial charge in [0.05, 0.1) is 11.4 Å². The molecule has 1 aliphatic carbocycles. The first kappa shape index (κ1) is 13.3. The van der Waals surface area contributed by atoms with Gasteiger partial charge in [-0.05, 0) is 62.4 Å². The van der Waals surface area contributed by atoms with Crippen LogP contribution in [0.2, 0.25) is 0 Å². The number of hydrogen-bond acceptors (Lipinski definition) is 3. The highest BCUT2D eigenvalue weighted by molar-refractivity contribution is 5.40. The third-order valence-electron chi connectivity index (χ3n) is 4.35. The Morgan fingerprint density at radius 1 is 1.25 bits per heavy atom. The van der Waals surface area contributed by atoms with Crippen LogP contribution in [0.3, 0.4) is 0 Å². The fourth-order valence-electron chi connectivity index (χ4n) is 3.18. The van der Waals surface area contributed by atoms with E-state index in [2.05, 4.69) is 45.8 Å². The molecule has 2 atom stereocenters. The molecule has 0 saturated heterocycles. The van der Waals surface area contributed by atoms with Crippen LogP contribution in [-0.2, 0) is 6.42 Å². The van der Waals surface area contributed by atoms with E-state index in [1.54, 1.807) is 0 Å². The lowest BCUT2D eigenvalue weighted by molar-refractivity contribution is 0.449. The van der Waals surface area contributed by atoms with Crippen LogP contribution in [0.15, 0.2) is 30.3 Å². The lowest BCUT2D eigenvalue weighted by Gasteiger charge is -2.33. The summed E-state index contributed by atoms with van der Waals surface area (Å²) in [7, 11) is 2.03. The molecule has 1 aromatic heterocycles. The van der Waals surface area contributed by atoms with Crippen LogP contribution < -0.4 is 5.32 Å². The number of aryl methyl sites for hydroxylation is 2. The maximum atomic E-state index is 4.25. The summed E-state index contributed by atoms with van der Waals surface area (Å²) < 4.78 is 0. The fourth-order valence-corrected chi connectivity index (χ4v) is 3.18. The molecule has 0 saturated carbocycles. The van der Waals surface area contributed by atoms with Crippen LogP contribution in [0.1, 0.15) is 46.5 Å². The topological polar surface area (TPSA) is 37.8 Å². The second kappa shape index (κ2) is 5.33. The number of hydrogen-bond donors (Lipinski definition) is 1. The minimum Gasteiger partial charge on any atom is -0.313 e. The van der Waals surface area contributed by atoms with Crippen molar-refractivity contribution in [2.75, 3.05) is 7.05 Å². The van der Waals surface area contributed by atoms with Crippen molar-refractivity contribution in [1.82, 2.24) is 15.5 Å². The van der Waals surface area contributed by atoms with Gasteiger partial charge >= 0.3 is 0 Å². The van der Waals surface area contributed by atoms with Gasteiger partial charge in [-0.25, -0.2) is 0 Å². The summed E-state index contributed by atoms with van der Waals surface area (Å²) >= 11 is 0. The molecule has 3 heteroatoms. The van der Waals surface area contributed by atoms with Crippen LogP contribution in [0, 0.1) is 13.8 Å². The Bertz CT molecular complexity index is 621. The highest BCUT2D eigenvalue weighted by Crippen LogP contribution is 2.40. The summed E-state index contributed by atoms with van der Waals surface area (Å²) in [5.41, 5.74) is 6.32. The molecule has 1 heterocycles. The smallest absolute Gasteiger partial charge is 0.0648 e. The van der Waals surface area contributed by atoms with Crippen molar-refractivity contribution in [3.05, 3.63) is 58.4 Å². The average molecular weight is 267 g/mol. The molecule has 0 aliphatic heterocycles.